The number of allylic oxidation sites excluding steroid dienone is 5. The predicted molar refractivity (Wildman–Crippen MR) is 133 cm³/mol. The summed E-state index contributed by atoms with van der Waals surface area (Å²) in [7, 11) is 2.20. The van der Waals surface area contributed by atoms with Crippen LogP contribution in [0.2, 0.25) is 0 Å². The zero-order valence-electron chi connectivity index (χ0n) is 20.2. The van der Waals surface area contributed by atoms with Crippen LogP contribution >= 0.6 is 0 Å². The molecule has 0 bridgehead atoms. The molecular formula is C29H37N. The first kappa shape index (κ1) is 22.2. The summed E-state index contributed by atoms with van der Waals surface area (Å²) in [4.78, 5) is 2.37. The van der Waals surface area contributed by atoms with Crippen LogP contribution in [0.25, 0.3) is 11.1 Å². The topological polar surface area (TPSA) is 3.24 Å². The minimum atomic E-state index is -0.0813. The highest BCUT2D eigenvalue weighted by Crippen LogP contribution is 2.57. The molecule has 4 rings (SSSR count). The van der Waals surface area contributed by atoms with E-state index in [9.17, 15) is 0 Å². The third-order valence-electron chi connectivity index (χ3n) is 6.68. The van der Waals surface area contributed by atoms with Gasteiger partial charge in [-0.1, -0.05) is 90.1 Å². The molecule has 2 aromatic carbocycles. The summed E-state index contributed by atoms with van der Waals surface area (Å²) in [6.07, 6.45) is 8.84. The quantitative estimate of drug-likeness (QED) is 0.492. The lowest BCUT2D eigenvalue weighted by Gasteiger charge is -2.42. The second-order valence-corrected chi connectivity index (χ2v) is 9.04. The number of hydrogen-bond acceptors (Lipinski definition) is 1. The standard InChI is InChI=1S/C27H31N.C2H6/c1-8-12-20-22(13-9-2)28(7)23-17-16-21-24(25(23)27(20,5)6)18-14-10-11-15-19(18)26(21,3)4;1-2/h8-17H,1-7H3;1-2H3/b12-8-,13-9-;. The van der Waals surface area contributed by atoms with Gasteiger partial charge < -0.3 is 4.90 Å². The van der Waals surface area contributed by atoms with E-state index in [1.54, 1.807) is 0 Å². The van der Waals surface area contributed by atoms with Crippen molar-refractivity contribution in [2.45, 2.75) is 66.2 Å². The van der Waals surface area contributed by atoms with Gasteiger partial charge in [0.05, 0.1) is 0 Å². The van der Waals surface area contributed by atoms with Crippen molar-refractivity contribution in [1.29, 1.82) is 0 Å². The summed E-state index contributed by atoms with van der Waals surface area (Å²) in [5, 5.41) is 0. The molecule has 0 aromatic heterocycles. The molecule has 0 atom stereocenters. The minimum Gasteiger partial charge on any atom is -0.344 e. The van der Waals surface area contributed by atoms with Crippen LogP contribution in [0.4, 0.5) is 5.69 Å². The Morgan fingerprint density at radius 1 is 0.767 bits per heavy atom. The molecule has 0 fully saturated rings. The van der Waals surface area contributed by atoms with Crippen LogP contribution in [0.1, 0.15) is 72.1 Å². The summed E-state index contributed by atoms with van der Waals surface area (Å²) in [5.74, 6) is 0. The fourth-order valence-electron chi connectivity index (χ4n) is 5.28. The highest BCUT2D eigenvalue weighted by atomic mass is 15.1. The maximum atomic E-state index is 2.38. The Hall–Kier alpha value is -2.54. The first-order chi connectivity index (χ1) is 14.3. The number of hydrogen-bond donors (Lipinski definition) is 0. The van der Waals surface area contributed by atoms with Gasteiger partial charge in [0.25, 0.3) is 0 Å². The fourth-order valence-corrected chi connectivity index (χ4v) is 5.28. The van der Waals surface area contributed by atoms with Gasteiger partial charge in [0.2, 0.25) is 0 Å². The second kappa shape index (κ2) is 7.95. The minimum absolute atomic E-state index is 0.0314. The maximum Gasteiger partial charge on any atom is 0.0456 e. The Kier molecular flexibility index (Phi) is 5.87. The number of fused-ring (bicyclic) bond motifs is 5. The second-order valence-electron chi connectivity index (χ2n) is 9.04. The molecule has 1 aliphatic carbocycles. The van der Waals surface area contributed by atoms with Gasteiger partial charge >= 0.3 is 0 Å². The van der Waals surface area contributed by atoms with E-state index in [2.05, 4.69) is 114 Å². The van der Waals surface area contributed by atoms with Crippen LogP contribution < -0.4 is 4.90 Å². The van der Waals surface area contributed by atoms with Crippen LogP contribution in [0.15, 0.2) is 72.0 Å². The van der Waals surface area contributed by atoms with Crippen LogP contribution in [0.3, 0.4) is 0 Å². The molecule has 0 unspecified atom stereocenters. The molecular weight excluding hydrogens is 362 g/mol. The zero-order valence-corrected chi connectivity index (χ0v) is 20.2. The lowest BCUT2D eigenvalue weighted by atomic mass is 9.69. The van der Waals surface area contributed by atoms with Gasteiger partial charge in [-0.3, -0.25) is 0 Å². The lowest BCUT2D eigenvalue weighted by Crippen LogP contribution is -2.34. The van der Waals surface area contributed by atoms with E-state index in [1.807, 2.05) is 13.8 Å². The normalized spacial score (nSPS) is 18.2. The molecule has 0 radical (unpaired) electrons. The van der Waals surface area contributed by atoms with E-state index >= 15 is 0 Å². The van der Waals surface area contributed by atoms with Crippen molar-refractivity contribution >= 4 is 5.69 Å². The Labute approximate surface area is 183 Å². The van der Waals surface area contributed by atoms with Crippen molar-refractivity contribution in [2.24, 2.45) is 0 Å². The molecule has 30 heavy (non-hydrogen) atoms. The van der Waals surface area contributed by atoms with Gasteiger partial charge in [-0.15, -0.1) is 0 Å². The fraction of sp³-hybridized carbons (Fsp3) is 0.379. The smallest absolute Gasteiger partial charge is 0.0456 e. The van der Waals surface area contributed by atoms with Gasteiger partial charge in [0.1, 0.15) is 0 Å². The summed E-state index contributed by atoms with van der Waals surface area (Å²) in [5.41, 5.74) is 11.1. The average molecular weight is 400 g/mol. The molecule has 1 heteroatoms. The third-order valence-corrected chi connectivity index (χ3v) is 6.68. The van der Waals surface area contributed by atoms with Crippen molar-refractivity contribution in [1.82, 2.24) is 0 Å². The van der Waals surface area contributed by atoms with Crippen LogP contribution in [-0.2, 0) is 10.8 Å². The van der Waals surface area contributed by atoms with E-state index in [1.165, 1.54) is 44.8 Å². The predicted octanol–water partition coefficient (Wildman–Crippen LogP) is 8.15. The van der Waals surface area contributed by atoms with E-state index in [-0.39, 0.29) is 10.8 Å². The molecule has 1 aliphatic heterocycles. The van der Waals surface area contributed by atoms with Crippen LogP contribution in [-0.4, -0.2) is 7.05 Å². The van der Waals surface area contributed by atoms with E-state index in [0.717, 1.165) is 0 Å². The molecule has 2 aromatic rings. The summed E-state index contributed by atoms with van der Waals surface area (Å²) in [6, 6.07) is 13.6. The number of benzene rings is 2. The van der Waals surface area contributed by atoms with Gasteiger partial charge in [0, 0.05) is 29.3 Å². The molecule has 2 aliphatic rings. The molecule has 0 N–H and O–H groups in total. The number of nitrogens with zero attached hydrogens (tertiary/aromatic N) is 1. The largest absolute Gasteiger partial charge is 0.344 e. The first-order valence-electron chi connectivity index (χ1n) is 11.3. The van der Waals surface area contributed by atoms with E-state index in [4.69, 9.17) is 0 Å². The van der Waals surface area contributed by atoms with Crippen LogP contribution in [0, 0.1) is 0 Å². The monoisotopic (exact) mass is 399 g/mol. The van der Waals surface area contributed by atoms with E-state index < -0.39 is 0 Å². The molecule has 0 saturated heterocycles. The van der Waals surface area contributed by atoms with Gasteiger partial charge in [-0.05, 0) is 59.4 Å². The summed E-state index contributed by atoms with van der Waals surface area (Å²) >= 11 is 0. The van der Waals surface area contributed by atoms with Crippen molar-refractivity contribution in [3.63, 3.8) is 0 Å². The SMILES string of the molecule is C/C=C\C1=C(/C=C\C)C(C)(C)c2c(ccc3c2-c2ccccc2C3(C)C)N1C.CC. The van der Waals surface area contributed by atoms with E-state index in [0.29, 0.717) is 0 Å². The number of anilines is 1. The molecule has 1 heterocycles. The highest BCUT2D eigenvalue weighted by molar-refractivity contribution is 5.90. The molecule has 0 amide bonds. The van der Waals surface area contributed by atoms with Crippen molar-refractivity contribution < 1.29 is 0 Å². The van der Waals surface area contributed by atoms with Crippen LogP contribution in [0.5, 0.6) is 0 Å². The van der Waals surface area contributed by atoms with Gasteiger partial charge in [-0.2, -0.15) is 0 Å². The Balaban J connectivity index is 0.00000124. The Bertz CT molecular complexity index is 1040. The first-order valence-corrected chi connectivity index (χ1v) is 11.3. The molecule has 1 nitrogen and oxygen atoms in total. The van der Waals surface area contributed by atoms with Gasteiger partial charge in [-0.25, -0.2) is 0 Å². The highest BCUT2D eigenvalue weighted by Gasteiger charge is 2.43. The third kappa shape index (κ3) is 2.98. The van der Waals surface area contributed by atoms with Crippen molar-refractivity contribution in [3.8, 4) is 11.1 Å². The lowest BCUT2D eigenvalue weighted by molar-refractivity contribution is 0.615. The Morgan fingerprint density at radius 2 is 1.40 bits per heavy atom. The maximum absolute atomic E-state index is 2.38. The average Bonchev–Trinajstić information content (AvgIpc) is 2.97. The van der Waals surface area contributed by atoms with Gasteiger partial charge in [0.15, 0.2) is 0 Å². The van der Waals surface area contributed by atoms with Crippen molar-refractivity contribution in [3.05, 3.63) is 88.7 Å². The zero-order chi connectivity index (χ0) is 22.3. The Morgan fingerprint density at radius 3 is 2.03 bits per heavy atom. The van der Waals surface area contributed by atoms with Crippen molar-refractivity contribution in [2.75, 3.05) is 11.9 Å². The molecule has 0 saturated carbocycles. The number of rotatable bonds is 2. The number of likely N-dealkylation sites (N-methyl/N-ethyl adjacent to an activating group) is 1. The molecule has 0 spiro atoms. The summed E-state index contributed by atoms with van der Waals surface area (Å²) < 4.78 is 0. The summed E-state index contributed by atoms with van der Waals surface area (Å²) in [6.45, 7) is 17.7. The molecule has 158 valence electrons.